The van der Waals surface area contributed by atoms with E-state index in [0.717, 1.165) is 44.2 Å². The molecule has 0 saturated heterocycles. The van der Waals surface area contributed by atoms with Crippen LogP contribution in [0.15, 0.2) is 109 Å². The summed E-state index contributed by atoms with van der Waals surface area (Å²) in [6.45, 7) is 3.10. The maximum Gasteiger partial charge on any atom is 0.135 e. The van der Waals surface area contributed by atoms with Crippen molar-refractivity contribution in [3.63, 3.8) is 0 Å². The first-order valence-corrected chi connectivity index (χ1v) is 12.3. The highest BCUT2D eigenvalue weighted by Gasteiger charge is 2.15. The minimum absolute atomic E-state index is 0.467. The maximum atomic E-state index is 6.31. The normalized spacial score (nSPS) is 11.1. The first-order chi connectivity index (χ1) is 17.9. The minimum atomic E-state index is 0.467. The van der Waals surface area contributed by atoms with Crippen LogP contribution in [-0.4, -0.2) is 26.4 Å². The first kappa shape index (κ1) is 23.9. The quantitative estimate of drug-likeness (QED) is 0.141. The molecule has 4 heteroatoms. The molecule has 182 valence electrons. The van der Waals surface area contributed by atoms with Gasteiger partial charge < -0.3 is 18.9 Å². The average molecular weight is 479 g/mol. The minimum Gasteiger partial charge on any atom is -0.490 e. The molecule has 0 bridgehead atoms. The molecule has 0 aromatic heterocycles. The Balaban J connectivity index is 1.28. The van der Waals surface area contributed by atoms with Crippen LogP contribution in [0.1, 0.15) is 11.1 Å². The van der Waals surface area contributed by atoms with E-state index in [1.807, 2.05) is 60.7 Å². The molecule has 0 aliphatic carbocycles. The molecule has 0 fully saturated rings. The van der Waals surface area contributed by atoms with E-state index in [1.165, 1.54) is 0 Å². The lowest BCUT2D eigenvalue weighted by Crippen LogP contribution is -2.09. The zero-order chi connectivity index (χ0) is 24.4. The van der Waals surface area contributed by atoms with Crippen LogP contribution in [0, 0.1) is 0 Å². The van der Waals surface area contributed by atoms with Crippen molar-refractivity contribution in [2.24, 2.45) is 0 Å². The zero-order valence-corrected chi connectivity index (χ0v) is 20.3. The molecule has 0 aliphatic heterocycles. The van der Waals surface area contributed by atoms with E-state index in [0.29, 0.717) is 39.6 Å². The molecule has 5 aromatic carbocycles. The van der Waals surface area contributed by atoms with Gasteiger partial charge in [0.15, 0.2) is 0 Å². The molecule has 0 unspecified atom stereocenters. The molecular formula is C32H30O4. The molecular weight excluding hydrogens is 448 g/mol. The zero-order valence-electron chi connectivity index (χ0n) is 20.3. The van der Waals surface area contributed by atoms with Crippen molar-refractivity contribution in [1.82, 2.24) is 0 Å². The molecule has 4 nitrogen and oxygen atoms in total. The van der Waals surface area contributed by atoms with Crippen molar-refractivity contribution in [1.29, 1.82) is 0 Å². The van der Waals surface area contributed by atoms with Crippen molar-refractivity contribution in [3.8, 4) is 11.5 Å². The number of ether oxygens (including phenoxy) is 4. The fourth-order valence-electron chi connectivity index (χ4n) is 4.29. The summed E-state index contributed by atoms with van der Waals surface area (Å²) in [4.78, 5) is 0. The van der Waals surface area contributed by atoms with Crippen LogP contribution >= 0.6 is 0 Å². The molecule has 5 rings (SSSR count). The maximum absolute atomic E-state index is 6.31. The molecule has 0 N–H and O–H groups in total. The summed E-state index contributed by atoms with van der Waals surface area (Å²) >= 11 is 0. The number of benzene rings is 5. The van der Waals surface area contributed by atoms with Crippen LogP contribution in [0.4, 0.5) is 0 Å². The fraction of sp³-hybridized carbons (Fsp3) is 0.188. The van der Waals surface area contributed by atoms with E-state index >= 15 is 0 Å². The van der Waals surface area contributed by atoms with Crippen molar-refractivity contribution < 1.29 is 18.9 Å². The standard InChI is InChI=1S/C32H30O4/c1-3-11-25(12-4-1)23-33-19-21-35-31-27-15-7-9-17-29(27)32(30-18-10-8-16-28(30)31)36-22-20-34-24-26-13-5-2-6-14-26/h1-18H,19-24H2. The second kappa shape index (κ2) is 12.2. The Morgan fingerprint density at radius 1 is 0.361 bits per heavy atom. The summed E-state index contributed by atoms with van der Waals surface area (Å²) in [6.07, 6.45) is 0. The topological polar surface area (TPSA) is 36.9 Å². The lowest BCUT2D eigenvalue weighted by Gasteiger charge is -2.18. The predicted octanol–water partition coefficient (Wildman–Crippen LogP) is 7.18. The van der Waals surface area contributed by atoms with Crippen LogP contribution in [0.5, 0.6) is 11.5 Å². The van der Waals surface area contributed by atoms with Crippen molar-refractivity contribution in [2.45, 2.75) is 13.2 Å². The van der Waals surface area contributed by atoms with Gasteiger partial charge in [0, 0.05) is 21.5 Å². The van der Waals surface area contributed by atoms with Crippen LogP contribution in [0.2, 0.25) is 0 Å². The Kier molecular flexibility index (Phi) is 8.09. The number of fused-ring (bicyclic) bond motifs is 2. The lowest BCUT2D eigenvalue weighted by molar-refractivity contribution is 0.0892. The van der Waals surface area contributed by atoms with Gasteiger partial charge in [-0.05, 0) is 11.1 Å². The summed E-state index contributed by atoms with van der Waals surface area (Å²) in [7, 11) is 0. The third-order valence-electron chi connectivity index (χ3n) is 6.00. The molecule has 0 aliphatic rings. The van der Waals surface area contributed by atoms with Gasteiger partial charge in [0.1, 0.15) is 24.7 Å². The summed E-state index contributed by atoms with van der Waals surface area (Å²) in [5.41, 5.74) is 2.31. The Morgan fingerprint density at radius 2 is 0.694 bits per heavy atom. The predicted molar refractivity (Wildman–Crippen MR) is 145 cm³/mol. The smallest absolute Gasteiger partial charge is 0.135 e. The summed E-state index contributed by atoms with van der Waals surface area (Å²) in [6, 6.07) is 36.8. The van der Waals surface area contributed by atoms with Gasteiger partial charge in [0.2, 0.25) is 0 Å². The fourth-order valence-corrected chi connectivity index (χ4v) is 4.29. The van der Waals surface area contributed by atoms with E-state index in [4.69, 9.17) is 18.9 Å². The van der Waals surface area contributed by atoms with Gasteiger partial charge in [-0.25, -0.2) is 0 Å². The van der Waals surface area contributed by atoms with E-state index in [1.54, 1.807) is 0 Å². The van der Waals surface area contributed by atoms with Gasteiger partial charge in [-0.3, -0.25) is 0 Å². The third kappa shape index (κ3) is 5.85. The van der Waals surface area contributed by atoms with Crippen LogP contribution in [0.25, 0.3) is 21.5 Å². The average Bonchev–Trinajstić information content (AvgIpc) is 2.94. The van der Waals surface area contributed by atoms with E-state index < -0.39 is 0 Å². The molecule has 0 saturated carbocycles. The summed E-state index contributed by atoms with van der Waals surface area (Å²) in [5.74, 6) is 1.72. The van der Waals surface area contributed by atoms with Gasteiger partial charge in [-0.2, -0.15) is 0 Å². The van der Waals surface area contributed by atoms with Gasteiger partial charge in [0.05, 0.1) is 26.4 Å². The molecule has 0 atom stereocenters. The van der Waals surface area contributed by atoms with Gasteiger partial charge >= 0.3 is 0 Å². The highest BCUT2D eigenvalue weighted by molar-refractivity contribution is 6.11. The third-order valence-corrected chi connectivity index (χ3v) is 6.00. The van der Waals surface area contributed by atoms with Crippen LogP contribution in [0.3, 0.4) is 0 Å². The van der Waals surface area contributed by atoms with Crippen LogP contribution in [-0.2, 0) is 22.7 Å². The van der Waals surface area contributed by atoms with Crippen molar-refractivity contribution in [2.75, 3.05) is 26.4 Å². The number of hydrogen-bond acceptors (Lipinski definition) is 4. The molecule has 36 heavy (non-hydrogen) atoms. The van der Waals surface area contributed by atoms with Gasteiger partial charge in [0.25, 0.3) is 0 Å². The molecule has 0 spiro atoms. The number of hydrogen-bond donors (Lipinski definition) is 0. The monoisotopic (exact) mass is 478 g/mol. The highest BCUT2D eigenvalue weighted by atomic mass is 16.5. The van der Waals surface area contributed by atoms with E-state index in [-0.39, 0.29) is 0 Å². The van der Waals surface area contributed by atoms with Gasteiger partial charge in [-0.15, -0.1) is 0 Å². The lowest BCUT2D eigenvalue weighted by atomic mass is 10.0. The van der Waals surface area contributed by atoms with E-state index in [9.17, 15) is 0 Å². The first-order valence-electron chi connectivity index (χ1n) is 12.3. The second-order valence-electron chi connectivity index (χ2n) is 8.52. The highest BCUT2D eigenvalue weighted by Crippen LogP contribution is 2.42. The Hall–Kier alpha value is -3.86. The van der Waals surface area contributed by atoms with Crippen molar-refractivity contribution in [3.05, 3.63) is 120 Å². The Bertz CT molecular complexity index is 1220. The van der Waals surface area contributed by atoms with E-state index in [2.05, 4.69) is 48.5 Å². The summed E-state index contributed by atoms with van der Waals surface area (Å²) in [5, 5.41) is 4.11. The summed E-state index contributed by atoms with van der Waals surface area (Å²) < 4.78 is 24.3. The molecule has 5 aromatic rings. The number of rotatable bonds is 12. The second-order valence-corrected chi connectivity index (χ2v) is 8.52. The Labute approximate surface area is 212 Å². The molecule has 0 heterocycles. The largest absolute Gasteiger partial charge is 0.490 e. The van der Waals surface area contributed by atoms with Crippen molar-refractivity contribution >= 4 is 21.5 Å². The Morgan fingerprint density at radius 3 is 1.06 bits per heavy atom. The molecule has 0 amide bonds. The van der Waals surface area contributed by atoms with Gasteiger partial charge in [-0.1, -0.05) is 109 Å². The van der Waals surface area contributed by atoms with Crippen LogP contribution < -0.4 is 9.47 Å². The SMILES string of the molecule is c1ccc(COCCOc2c3ccccc3c(OCCOCc3ccccc3)c3ccccc23)cc1. The molecule has 0 radical (unpaired) electrons.